The summed E-state index contributed by atoms with van der Waals surface area (Å²) in [6.45, 7) is 1.94. The Morgan fingerprint density at radius 3 is 2.56 bits per heavy atom. The number of benzene rings is 1. The van der Waals surface area contributed by atoms with E-state index in [4.69, 9.17) is 14.5 Å². The number of hydrogen-bond acceptors (Lipinski definition) is 6. The largest absolute Gasteiger partial charge is 0.477 e. The molecule has 2 fully saturated rings. The van der Waals surface area contributed by atoms with E-state index in [9.17, 15) is 8.42 Å². The normalized spacial score (nSPS) is 18.1. The van der Waals surface area contributed by atoms with Crippen molar-refractivity contribution in [1.82, 2.24) is 14.5 Å². The zero-order chi connectivity index (χ0) is 24.9. The Kier molecular flexibility index (Phi) is 6.25. The second-order valence-corrected chi connectivity index (χ2v) is 12.8. The third-order valence-corrected chi connectivity index (χ3v) is 8.77. The topological polar surface area (TPSA) is 83.3 Å². The molecule has 0 radical (unpaired) electrons. The molecule has 0 amide bonds. The Balaban J connectivity index is 1.71. The number of pyridine rings is 2. The minimum atomic E-state index is -3.59. The van der Waals surface area contributed by atoms with Gasteiger partial charge in [-0.1, -0.05) is 30.3 Å². The Morgan fingerprint density at radius 2 is 1.86 bits per heavy atom. The molecule has 7 nitrogen and oxygen atoms in total. The van der Waals surface area contributed by atoms with Gasteiger partial charge in [0.15, 0.2) is 9.84 Å². The first kappa shape index (κ1) is 23.9. The van der Waals surface area contributed by atoms with Crippen LogP contribution in [-0.4, -0.2) is 49.0 Å². The van der Waals surface area contributed by atoms with E-state index in [1.54, 1.807) is 6.20 Å². The number of rotatable bonds is 7. The zero-order valence-corrected chi connectivity index (χ0v) is 22.5. The van der Waals surface area contributed by atoms with E-state index >= 15 is 0 Å². The van der Waals surface area contributed by atoms with Gasteiger partial charge in [0.2, 0.25) is 5.88 Å². The number of ether oxygens (including phenoxy) is 2. The molecule has 1 aliphatic carbocycles. The number of halogens is 1. The maximum atomic E-state index is 13.1. The van der Waals surface area contributed by atoms with Crippen molar-refractivity contribution in [2.75, 3.05) is 26.1 Å². The molecular weight excluding hydrogens is 542 g/mol. The molecular formula is C27H28BrN3O4S. The maximum absolute atomic E-state index is 13.1. The third kappa shape index (κ3) is 4.41. The molecule has 0 unspecified atom stereocenters. The van der Waals surface area contributed by atoms with Crippen molar-refractivity contribution in [3.63, 3.8) is 0 Å². The monoisotopic (exact) mass is 569 g/mol. The van der Waals surface area contributed by atoms with Crippen molar-refractivity contribution in [1.29, 1.82) is 0 Å². The molecule has 1 saturated carbocycles. The lowest BCUT2D eigenvalue weighted by molar-refractivity contribution is 0.0552. The average molecular weight is 571 g/mol. The van der Waals surface area contributed by atoms with Crippen LogP contribution < -0.4 is 4.74 Å². The average Bonchev–Trinajstić information content (AvgIpc) is 3.65. The van der Waals surface area contributed by atoms with E-state index in [2.05, 4.69) is 37.6 Å². The molecule has 1 aliphatic heterocycles. The summed E-state index contributed by atoms with van der Waals surface area (Å²) >= 11 is 3.60. The summed E-state index contributed by atoms with van der Waals surface area (Å²) in [4.78, 5) is 9.48. The fourth-order valence-electron chi connectivity index (χ4n) is 5.31. The SMILES string of the molecule is CS(=O)(=O)c1cnc(OCC2CC2)c2c3ncc(Br)cc3n([C@H](c3ccccc3)C3CCOCC3)c12. The molecule has 0 bridgehead atoms. The number of nitrogens with zero attached hydrogens (tertiary/aromatic N) is 3. The number of fused-ring (bicyclic) bond motifs is 3. The molecule has 0 N–H and O–H groups in total. The van der Waals surface area contributed by atoms with Crippen LogP contribution in [0, 0.1) is 11.8 Å². The molecule has 1 atom stereocenters. The van der Waals surface area contributed by atoms with Gasteiger partial charge in [-0.15, -0.1) is 0 Å². The highest BCUT2D eigenvalue weighted by atomic mass is 79.9. The summed E-state index contributed by atoms with van der Waals surface area (Å²) < 4.78 is 41.1. The van der Waals surface area contributed by atoms with Crippen molar-refractivity contribution >= 4 is 47.7 Å². The lowest BCUT2D eigenvalue weighted by atomic mass is 9.86. The summed E-state index contributed by atoms with van der Waals surface area (Å²) in [6.07, 6.45) is 8.51. The molecule has 9 heteroatoms. The Hall–Kier alpha value is -2.49. The van der Waals surface area contributed by atoms with Crippen LogP contribution in [0.3, 0.4) is 0 Å². The van der Waals surface area contributed by atoms with E-state index in [1.165, 1.54) is 12.5 Å². The van der Waals surface area contributed by atoms with Gasteiger partial charge in [-0.25, -0.2) is 13.4 Å². The standard InChI is InChI=1S/C27H28BrN3O4S/c1-36(32,33)22-15-30-27(35-16-17-7-8-17)23-24-21(13-20(28)14-29-24)31(26(22)23)25(18-5-3-2-4-6-18)19-9-11-34-12-10-19/h2-6,13-15,17,19,25H,7-12,16H2,1H3/t25-/m1/s1. The lowest BCUT2D eigenvalue weighted by Gasteiger charge is -2.33. The summed E-state index contributed by atoms with van der Waals surface area (Å²) in [6, 6.07) is 12.2. The fraction of sp³-hybridized carbons (Fsp3) is 0.407. The fourth-order valence-corrected chi connectivity index (χ4v) is 6.43. The highest BCUT2D eigenvalue weighted by Crippen LogP contribution is 2.44. The number of sulfone groups is 1. The molecule has 4 heterocycles. The molecule has 1 saturated heterocycles. The van der Waals surface area contributed by atoms with E-state index in [1.807, 2.05) is 24.3 Å². The highest BCUT2D eigenvalue weighted by Gasteiger charge is 2.34. The van der Waals surface area contributed by atoms with Gasteiger partial charge in [0.05, 0.1) is 35.3 Å². The quantitative estimate of drug-likeness (QED) is 0.290. The summed E-state index contributed by atoms with van der Waals surface area (Å²) in [5.74, 6) is 1.24. The summed E-state index contributed by atoms with van der Waals surface area (Å²) in [7, 11) is -3.59. The minimum absolute atomic E-state index is 0.106. The van der Waals surface area contributed by atoms with E-state index in [0.29, 0.717) is 48.0 Å². The van der Waals surface area contributed by atoms with E-state index in [0.717, 1.165) is 41.2 Å². The molecule has 6 rings (SSSR count). The van der Waals surface area contributed by atoms with Gasteiger partial charge in [-0.05, 0) is 65.1 Å². The first-order valence-corrected chi connectivity index (χ1v) is 15.0. The minimum Gasteiger partial charge on any atom is -0.477 e. The van der Waals surface area contributed by atoms with E-state index < -0.39 is 9.84 Å². The van der Waals surface area contributed by atoms with Crippen LogP contribution in [0.1, 0.15) is 37.3 Å². The van der Waals surface area contributed by atoms with Gasteiger partial charge in [-0.3, -0.25) is 4.98 Å². The van der Waals surface area contributed by atoms with Crippen LogP contribution in [-0.2, 0) is 14.6 Å². The Morgan fingerprint density at radius 1 is 1.11 bits per heavy atom. The van der Waals surface area contributed by atoms with Crippen molar-refractivity contribution in [3.8, 4) is 5.88 Å². The van der Waals surface area contributed by atoms with Crippen LogP contribution in [0.5, 0.6) is 5.88 Å². The molecule has 36 heavy (non-hydrogen) atoms. The number of aromatic nitrogens is 3. The van der Waals surface area contributed by atoms with Gasteiger partial charge in [0, 0.05) is 30.1 Å². The molecule has 0 spiro atoms. The Labute approximate surface area is 218 Å². The van der Waals surface area contributed by atoms with Gasteiger partial charge in [0.25, 0.3) is 0 Å². The second kappa shape index (κ2) is 9.43. The van der Waals surface area contributed by atoms with Crippen molar-refractivity contribution < 1.29 is 17.9 Å². The summed E-state index contributed by atoms with van der Waals surface area (Å²) in [5.41, 5.74) is 3.29. The van der Waals surface area contributed by atoms with Gasteiger partial charge < -0.3 is 14.0 Å². The van der Waals surface area contributed by atoms with Crippen LogP contribution in [0.15, 0.2) is 58.2 Å². The predicted molar refractivity (Wildman–Crippen MR) is 142 cm³/mol. The van der Waals surface area contributed by atoms with Gasteiger partial charge in [-0.2, -0.15) is 0 Å². The van der Waals surface area contributed by atoms with Crippen LogP contribution in [0.4, 0.5) is 0 Å². The molecule has 188 valence electrons. The third-order valence-electron chi connectivity index (χ3n) is 7.24. The van der Waals surface area contributed by atoms with Crippen molar-refractivity contribution in [3.05, 3.63) is 58.8 Å². The van der Waals surface area contributed by atoms with Crippen LogP contribution in [0.2, 0.25) is 0 Å². The van der Waals surface area contributed by atoms with Crippen LogP contribution in [0.25, 0.3) is 21.9 Å². The van der Waals surface area contributed by atoms with Crippen molar-refractivity contribution in [2.24, 2.45) is 11.8 Å². The first-order chi connectivity index (χ1) is 17.4. The summed E-state index contributed by atoms with van der Waals surface area (Å²) in [5, 5.41) is 0.661. The van der Waals surface area contributed by atoms with Crippen molar-refractivity contribution in [2.45, 2.75) is 36.6 Å². The molecule has 2 aliphatic rings. The van der Waals surface area contributed by atoms with Gasteiger partial charge >= 0.3 is 0 Å². The number of hydrogen-bond donors (Lipinski definition) is 0. The molecule has 4 aromatic rings. The maximum Gasteiger partial charge on any atom is 0.225 e. The Bertz CT molecular complexity index is 1530. The van der Waals surface area contributed by atoms with Gasteiger partial charge in [0.1, 0.15) is 10.4 Å². The van der Waals surface area contributed by atoms with Crippen LogP contribution >= 0.6 is 15.9 Å². The first-order valence-electron chi connectivity index (χ1n) is 12.4. The highest BCUT2D eigenvalue weighted by molar-refractivity contribution is 9.10. The second-order valence-electron chi connectivity index (χ2n) is 9.87. The smallest absolute Gasteiger partial charge is 0.225 e. The zero-order valence-electron chi connectivity index (χ0n) is 20.1. The lowest BCUT2D eigenvalue weighted by Crippen LogP contribution is -2.27. The van der Waals surface area contributed by atoms with E-state index in [-0.39, 0.29) is 16.9 Å². The molecule has 1 aromatic carbocycles. The predicted octanol–water partition coefficient (Wildman–Crippen LogP) is 5.56. The molecule has 3 aromatic heterocycles.